The van der Waals surface area contributed by atoms with Gasteiger partial charge in [-0.15, -0.1) is 0 Å². The van der Waals surface area contributed by atoms with E-state index in [0.717, 1.165) is 6.07 Å². The molecule has 0 amide bonds. The van der Waals surface area contributed by atoms with Crippen molar-refractivity contribution in [3.05, 3.63) is 57.4 Å². The first-order valence-electron chi connectivity index (χ1n) is 5.01. The largest absolute Gasteiger partial charge is 0.417 e. The molecule has 0 aliphatic carbocycles. The van der Waals surface area contributed by atoms with Crippen LogP contribution in [0, 0.1) is 9.39 Å². The van der Waals surface area contributed by atoms with E-state index in [1.807, 2.05) is 0 Å². The highest BCUT2D eigenvalue weighted by Crippen LogP contribution is 2.37. The predicted molar refractivity (Wildman–Crippen MR) is 69.6 cm³/mol. The second-order valence-electron chi connectivity index (χ2n) is 3.68. The van der Waals surface area contributed by atoms with Crippen molar-refractivity contribution in [2.24, 2.45) is 0 Å². The molecular weight excluding hydrogens is 359 g/mol. The molecular formula is C13H7F4I. The zero-order chi connectivity index (χ0) is 13.3. The fourth-order valence-electron chi connectivity index (χ4n) is 1.63. The van der Waals surface area contributed by atoms with E-state index in [1.165, 1.54) is 24.3 Å². The van der Waals surface area contributed by atoms with Gasteiger partial charge in [-0.2, -0.15) is 13.2 Å². The molecule has 0 aliphatic heterocycles. The van der Waals surface area contributed by atoms with Gasteiger partial charge in [0, 0.05) is 3.57 Å². The first-order chi connectivity index (χ1) is 8.39. The van der Waals surface area contributed by atoms with Crippen LogP contribution in [0.2, 0.25) is 0 Å². The Kier molecular flexibility index (Phi) is 3.61. The first-order valence-corrected chi connectivity index (χ1v) is 6.09. The zero-order valence-corrected chi connectivity index (χ0v) is 11.1. The summed E-state index contributed by atoms with van der Waals surface area (Å²) in [5.41, 5.74) is 0.111. The van der Waals surface area contributed by atoms with E-state index in [1.54, 1.807) is 34.7 Å². The Hall–Kier alpha value is -1.11. The zero-order valence-electron chi connectivity index (χ0n) is 8.93. The molecule has 0 aromatic heterocycles. The van der Waals surface area contributed by atoms with Crippen molar-refractivity contribution in [3.63, 3.8) is 0 Å². The average molecular weight is 366 g/mol. The Morgan fingerprint density at radius 3 is 2.22 bits per heavy atom. The Labute approximate surface area is 115 Å². The molecule has 0 aliphatic rings. The molecule has 0 heterocycles. The highest BCUT2D eigenvalue weighted by molar-refractivity contribution is 14.1. The molecule has 0 saturated carbocycles. The van der Waals surface area contributed by atoms with E-state index in [0.29, 0.717) is 11.1 Å². The molecule has 0 N–H and O–H groups in total. The van der Waals surface area contributed by atoms with Crippen LogP contribution in [0.5, 0.6) is 0 Å². The lowest BCUT2D eigenvalue weighted by molar-refractivity contribution is -0.138. The van der Waals surface area contributed by atoms with Crippen molar-refractivity contribution in [1.29, 1.82) is 0 Å². The van der Waals surface area contributed by atoms with Gasteiger partial charge in [0.1, 0.15) is 5.82 Å². The minimum absolute atomic E-state index is 0.0770. The maximum absolute atomic E-state index is 13.1. The molecule has 2 rings (SSSR count). The molecule has 0 bridgehead atoms. The molecule has 94 valence electrons. The van der Waals surface area contributed by atoms with Crippen LogP contribution in [0.3, 0.4) is 0 Å². The molecule has 0 spiro atoms. The summed E-state index contributed by atoms with van der Waals surface area (Å²) in [6.45, 7) is 0. The van der Waals surface area contributed by atoms with Gasteiger partial charge in [0.2, 0.25) is 0 Å². The summed E-state index contributed by atoms with van der Waals surface area (Å²) >= 11 is 1.64. The summed E-state index contributed by atoms with van der Waals surface area (Å²) < 4.78 is 51.4. The van der Waals surface area contributed by atoms with Crippen LogP contribution in [-0.4, -0.2) is 0 Å². The van der Waals surface area contributed by atoms with E-state index in [-0.39, 0.29) is 3.57 Å². The van der Waals surface area contributed by atoms with Crippen LogP contribution in [0.15, 0.2) is 42.5 Å². The third-order valence-corrected chi connectivity index (χ3v) is 3.60. The number of hydrogen-bond donors (Lipinski definition) is 0. The summed E-state index contributed by atoms with van der Waals surface area (Å²) in [6.07, 6.45) is -4.40. The van der Waals surface area contributed by atoms with Gasteiger partial charge in [-0.25, -0.2) is 4.39 Å². The van der Waals surface area contributed by atoms with Crippen LogP contribution in [-0.2, 0) is 6.18 Å². The second-order valence-corrected chi connectivity index (χ2v) is 4.75. The summed E-state index contributed by atoms with van der Waals surface area (Å²) in [7, 11) is 0. The topological polar surface area (TPSA) is 0 Å². The van der Waals surface area contributed by atoms with E-state index in [4.69, 9.17) is 0 Å². The third kappa shape index (κ3) is 2.66. The quantitative estimate of drug-likeness (QED) is 0.486. The molecule has 2 aromatic rings. The van der Waals surface area contributed by atoms with Crippen LogP contribution in [0.4, 0.5) is 17.6 Å². The minimum atomic E-state index is -4.40. The fourth-order valence-corrected chi connectivity index (χ4v) is 2.61. The molecule has 0 unspecified atom stereocenters. The van der Waals surface area contributed by atoms with Gasteiger partial charge in [0.25, 0.3) is 0 Å². The second kappa shape index (κ2) is 4.87. The van der Waals surface area contributed by atoms with Gasteiger partial charge < -0.3 is 0 Å². The lowest BCUT2D eigenvalue weighted by Crippen LogP contribution is -2.08. The molecule has 2 aromatic carbocycles. The minimum Gasteiger partial charge on any atom is -0.207 e. The van der Waals surface area contributed by atoms with Crippen LogP contribution in [0.25, 0.3) is 11.1 Å². The third-order valence-electron chi connectivity index (χ3n) is 2.44. The summed E-state index contributed by atoms with van der Waals surface area (Å²) in [5, 5.41) is 0. The van der Waals surface area contributed by atoms with Crippen molar-refractivity contribution in [1.82, 2.24) is 0 Å². The van der Waals surface area contributed by atoms with Crippen molar-refractivity contribution in [2.75, 3.05) is 0 Å². The van der Waals surface area contributed by atoms with Crippen molar-refractivity contribution < 1.29 is 17.6 Å². The first kappa shape index (κ1) is 13.3. The van der Waals surface area contributed by atoms with Crippen molar-refractivity contribution in [2.45, 2.75) is 6.18 Å². The Morgan fingerprint density at radius 1 is 0.944 bits per heavy atom. The molecule has 0 nitrogen and oxygen atoms in total. The van der Waals surface area contributed by atoms with Gasteiger partial charge in [-0.1, -0.05) is 24.3 Å². The van der Waals surface area contributed by atoms with Gasteiger partial charge in [0.05, 0.1) is 5.56 Å². The molecule has 0 radical (unpaired) electrons. The molecule has 0 saturated heterocycles. The molecule has 18 heavy (non-hydrogen) atoms. The average Bonchev–Trinajstić information content (AvgIpc) is 2.27. The lowest BCUT2D eigenvalue weighted by atomic mass is 10.0. The number of rotatable bonds is 1. The molecule has 5 heteroatoms. The Bertz CT molecular complexity index is 575. The monoisotopic (exact) mass is 366 g/mol. The van der Waals surface area contributed by atoms with Crippen molar-refractivity contribution in [3.8, 4) is 11.1 Å². The number of alkyl halides is 3. The summed E-state index contributed by atoms with van der Waals surface area (Å²) in [5.74, 6) is -0.472. The standard InChI is InChI=1S/C13H7F4I/c14-9-4-1-3-8(7-9)10-5-2-6-11(12(10)18)13(15,16)17/h1-7H. The van der Waals surface area contributed by atoms with E-state index in [2.05, 4.69) is 0 Å². The summed E-state index contributed by atoms with van der Waals surface area (Å²) in [6, 6.07) is 9.42. The normalized spacial score (nSPS) is 11.6. The SMILES string of the molecule is Fc1cccc(-c2cccc(C(F)(F)F)c2I)c1. The smallest absolute Gasteiger partial charge is 0.207 e. The Morgan fingerprint density at radius 2 is 1.61 bits per heavy atom. The fraction of sp³-hybridized carbons (Fsp3) is 0.0769. The van der Waals surface area contributed by atoms with Crippen LogP contribution >= 0.6 is 22.6 Å². The maximum atomic E-state index is 13.1. The van der Waals surface area contributed by atoms with Gasteiger partial charge in [-0.05, 0) is 51.9 Å². The van der Waals surface area contributed by atoms with Crippen molar-refractivity contribution >= 4 is 22.6 Å². The van der Waals surface area contributed by atoms with E-state index in [9.17, 15) is 17.6 Å². The maximum Gasteiger partial charge on any atom is 0.417 e. The van der Waals surface area contributed by atoms with Crippen LogP contribution < -0.4 is 0 Å². The number of hydrogen-bond acceptors (Lipinski definition) is 0. The molecule has 0 atom stereocenters. The Balaban J connectivity index is 2.60. The van der Waals surface area contributed by atoms with Gasteiger partial charge in [-0.3, -0.25) is 0 Å². The van der Waals surface area contributed by atoms with E-state index < -0.39 is 17.6 Å². The highest BCUT2D eigenvalue weighted by atomic mass is 127. The van der Waals surface area contributed by atoms with Gasteiger partial charge >= 0.3 is 6.18 Å². The predicted octanol–water partition coefficient (Wildman–Crippen LogP) is 5.12. The number of halogens is 5. The summed E-state index contributed by atoms with van der Waals surface area (Å²) in [4.78, 5) is 0. The highest BCUT2D eigenvalue weighted by Gasteiger charge is 2.33. The van der Waals surface area contributed by atoms with E-state index >= 15 is 0 Å². The van der Waals surface area contributed by atoms with Crippen LogP contribution in [0.1, 0.15) is 5.56 Å². The van der Waals surface area contributed by atoms with Gasteiger partial charge in [0.15, 0.2) is 0 Å². The lowest BCUT2D eigenvalue weighted by Gasteiger charge is -2.12. The number of benzene rings is 2. The molecule has 0 fully saturated rings.